The van der Waals surface area contributed by atoms with Crippen molar-refractivity contribution in [3.8, 4) is 0 Å². The zero-order valence-electron chi connectivity index (χ0n) is 12.2. The van der Waals surface area contributed by atoms with Crippen LogP contribution >= 0.6 is 0 Å². The van der Waals surface area contributed by atoms with Gasteiger partial charge in [0.1, 0.15) is 0 Å². The zero-order chi connectivity index (χ0) is 15.0. The molecule has 0 saturated heterocycles. The van der Waals surface area contributed by atoms with E-state index < -0.39 is 10.1 Å². The van der Waals surface area contributed by atoms with Crippen molar-refractivity contribution in [2.24, 2.45) is 5.92 Å². The first-order valence-electron chi connectivity index (χ1n) is 7.06. The van der Waals surface area contributed by atoms with Gasteiger partial charge >= 0.3 is 0 Å². The second kappa shape index (κ2) is 8.39. The second-order valence-electron chi connectivity index (χ2n) is 5.11. The fraction of sp³-hybridized carbons (Fsp3) is 0.600. The van der Waals surface area contributed by atoms with Gasteiger partial charge in [0.05, 0.1) is 18.1 Å². The van der Waals surface area contributed by atoms with Gasteiger partial charge in [-0.25, -0.2) is 5.11 Å². The van der Waals surface area contributed by atoms with E-state index in [-0.39, 0.29) is 24.0 Å². The third-order valence-corrected chi connectivity index (χ3v) is 4.37. The first-order valence-corrected chi connectivity index (χ1v) is 8.47. The summed E-state index contributed by atoms with van der Waals surface area (Å²) in [6.07, 6.45) is 4.41. The summed E-state index contributed by atoms with van der Waals surface area (Å²) < 4.78 is 28.7. The largest absolute Gasteiger partial charge is 0.296 e. The molecule has 4 nitrogen and oxygen atoms in total. The molecule has 5 heteroatoms. The number of benzene rings is 1. The summed E-state index contributed by atoms with van der Waals surface area (Å²) >= 11 is 0. The Labute approximate surface area is 121 Å². The Morgan fingerprint density at radius 2 is 1.80 bits per heavy atom. The van der Waals surface area contributed by atoms with Crippen molar-refractivity contribution in [2.45, 2.75) is 44.4 Å². The van der Waals surface area contributed by atoms with Gasteiger partial charge in [-0.2, -0.15) is 8.42 Å². The fourth-order valence-electron chi connectivity index (χ4n) is 1.72. The molecule has 1 unspecified atom stereocenters. The topological polar surface area (TPSA) is 63.3 Å². The number of rotatable bonds is 9. The van der Waals surface area contributed by atoms with Gasteiger partial charge in [0.15, 0.2) is 0 Å². The maximum Gasteiger partial charge on any atom is 0.296 e. The zero-order valence-corrected chi connectivity index (χ0v) is 13.0. The molecule has 1 aromatic carbocycles. The first-order chi connectivity index (χ1) is 9.49. The number of unbranched alkanes of at least 4 members (excludes halogenated alkanes) is 2. The van der Waals surface area contributed by atoms with E-state index in [0.29, 0.717) is 0 Å². The van der Waals surface area contributed by atoms with E-state index >= 15 is 0 Å². The van der Waals surface area contributed by atoms with E-state index in [2.05, 4.69) is 6.92 Å². The molecule has 0 heterocycles. The molecule has 0 spiro atoms. The van der Waals surface area contributed by atoms with Gasteiger partial charge in [-0.1, -0.05) is 38.8 Å². The van der Waals surface area contributed by atoms with E-state index in [1.165, 1.54) is 6.42 Å². The number of hydrogen-bond donors (Lipinski definition) is 0. The van der Waals surface area contributed by atoms with Gasteiger partial charge in [0.2, 0.25) is 0 Å². The van der Waals surface area contributed by atoms with Crippen molar-refractivity contribution in [1.82, 2.24) is 0 Å². The van der Waals surface area contributed by atoms with Crippen molar-refractivity contribution in [2.75, 3.05) is 13.2 Å². The molecule has 0 saturated carbocycles. The van der Waals surface area contributed by atoms with Crippen LogP contribution in [0.2, 0.25) is 0 Å². The van der Waals surface area contributed by atoms with Crippen molar-refractivity contribution >= 4 is 10.1 Å². The van der Waals surface area contributed by atoms with Crippen molar-refractivity contribution < 1.29 is 17.7 Å². The lowest BCUT2D eigenvalue weighted by Gasteiger charge is -2.09. The van der Waals surface area contributed by atoms with Crippen molar-refractivity contribution in [1.29, 1.82) is 0 Å². The predicted octanol–water partition coefficient (Wildman–Crippen LogP) is 3.19. The van der Waals surface area contributed by atoms with Gasteiger partial charge in [0.25, 0.3) is 10.1 Å². The summed E-state index contributed by atoms with van der Waals surface area (Å²) in [5, 5.41) is 10.6. The van der Waals surface area contributed by atoms with E-state index in [1.807, 2.05) is 12.1 Å². The van der Waals surface area contributed by atoms with Crippen LogP contribution in [0.4, 0.5) is 0 Å². The molecule has 0 aromatic heterocycles. The Kier molecular flexibility index (Phi) is 7.19. The third kappa shape index (κ3) is 5.61. The molecule has 0 amide bonds. The maximum absolute atomic E-state index is 11.9. The van der Waals surface area contributed by atoms with Crippen molar-refractivity contribution in [3.63, 3.8) is 0 Å². The quantitative estimate of drug-likeness (QED) is 0.519. The first kappa shape index (κ1) is 17.1. The summed E-state index contributed by atoms with van der Waals surface area (Å²) in [7, 11) is -3.75. The van der Waals surface area contributed by atoms with Gasteiger partial charge in [-0.3, -0.25) is 4.18 Å². The third-order valence-electron chi connectivity index (χ3n) is 3.07. The Hall–Kier alpha value is -0.910. The molecular weight excluding hydrogens is 276 g/mol. The minimum absolute atomic E-state index is 0.0654. The molecule has 1 rings (SSSR count). The highest BCUT2D eigenvalue weighted by Gasteiger charge is 2.16. The van der Waals surface area contributed by atoms with Crippen LogP contribution in [0.25, 0.3) is 0 Å². The lowest BCUT2D eigenvalue weighted by Crippen LogP contribution is -2.14. The summed E-state index contributed by atoms with van der Waals surface area (Å²) in [6.45, 7) is 3.41. The molecule has 113 valence electrons. The van der Waals surface area contributed by atoms with Crippen LogP contribution in [0.15, 0.2) is 29.2 Å². The maximum atomic E-state index is 11.9. The molecule has 0 aliphatic heterocycles. The van der Waals surface area contributed by atoms with Gasteiger partial charge < -0.3 is 0 Å². The average Bonchev–Trinajstić information content (AvgIpc) is 2.45. The van der Waals surface area contributed by atoms with Crippen LogP contribution < -0.4 is 0 Å². The fourth-order valence-corrected chi connectivity index (χ4v) is 2.74. The monoisotopic (exact) mass is 299 g/mol. The Morgan fingerprint density at radius 1 is 1.15 bits per heavy atom. The van der Waals surface area contributed by atoms with Gasteiger partial charge in [-0.15, -0.1) is 0 Å². The highest BCUT2D eigenvalue weighted by Crippen LogP contribution is 2.16. The number of aryl methyl sites for hydroxylation is 1. The Morgan fingerprint density at radius 3 is 2.35 bits per heavy atom. The van der Waals surface area contributed by atoms with E-state index in [1.54, 1.807) is 19.1 Å². The van der Waals surface area contributed by atoms with Crippen LogP contribution in [0.1, 0.15) is 38.7 Å². The highest BCUT2D eigenvalue weighted by molar-refractivity contribution is 7.86. The number of hydrogen-bond acceptors (Lipinski definition) is 3. The molecule has 1 aromatic rings. The standard InChI is InChI=1S/C15H23O4S/c1-3-4-5-6-14-7-9-15(10-8-14)20(17,18)19-12-13(2)11-16/h7-10,13H,3-6,11-12H2,1-2H3. The molecule has 0 aliphatic rings. The van der Waals surface area contributed by atoms with Crippen LogP contribution in [0.3, 0.4) is 0 Å². The van der Waals surface area contributed by atoms with Gasteiger partial charge in [0, 0.05) is 5.92 Å². The van der Waals surface area contributed by atoms with Crippen LogP contribution in [0, 0.1) is 5.92 Å². The Balaban J connectivity index is 2.62. The average molecular weight is 299 g/mol. The smallest absolute Gasteiger partial charge is 0.266 e. The lowest BCUT2D eigenvalue weighted by molar-refractivity contribution is 0.120. The molecular formula is C15H23O4S. The summed E-state index contributed by atoms with van der Waals surface area (Å²) in [5.74, 6) is -0.307. The van der Waals surface area contributed by atoms with Gasteiger partial charge in [-0.05, 0) is 30.5 Å². The van der Waals surface area contributed by atoms with Crippen molar-refractivity contribution in [3.05, 3.63) is 29.8 Å². The second-order valence-corrected chi connectivity index (χ2v) is 6.73. The molecule has 1 atom stereocenters. The SMILES string of the molecule is CCCCCc1ccc(S(=O)(=O)OCC(C)C[O])cc1. The van der Waals surface area contributed by atoms with E-state index in [4.69, 9.17) is 4.18 Å². The molecule has 1 radical (unpaired) electrons. The summed E-state index contributed by atoms with van der Waals surface area (Å²) in [6, 6.07) is 6.78. The molecule has 20 heavy (non-hydrogen) atoms. The highest BCUT2D eigenvalue weighted by atomic mass is 32.2. The summed E-state index contributed by atoms with van der Waals surface area (Å²) in [5.41, 5.74) is 1.13. The Bertz CT molecular complexity index is 479. The summed E-state index contributed by atoms with van der Waals surface area (Å²) in [4.78, 5) is 0.148. The molecule has 0 bridgehead atoms. The minimum Gasteiger partial charge on any atom is -0.266 e. The molecule has 0 aliphatic carbocycles. The van der Waals surface area contributed by atoms with E-state index in [0.717, 1.165) is 24.8 Å². The lowest BCUT2D eigenvalue weighted by atomic mass is 10.1. The normalized spacial score (nSPS) is 13.3. The van der Waals surface area contributed by atoms with E-state index in [9.17, 15) is 13.5 Å². The van der Waals surface area contributed by atoms with Crippen LogP contribution in [0.5, 0.6) is 0 Å². The van der Waals surface area contributed by atoms with Crippen LogP contribution in [-0.4, -0.2) is 21.6 Å². The molecule has 0 fully saturated rings. The minimum atomic E-state index is -3.75. The predicted molar refractivity (Wildman–Crippen MR) is 77.5 cm³/mol. The van der Waals surface area contributed by atoms with Crippen LogP contribution in [-0.2, 0) is 25.8 Å². The molecule has 0 N–H and O–H groups in total.